The van der Waals surface area contributed by atoms with E-state index in [4.69, 9.17) is 4.52 Å². The molecule has 0 spiro atoms. The summed E-state index contributed by atoms with van der Waals surface area (Å²) in [5.41, 5.74) is 0.957. The van der Waals surface area contributed by atoms with Crippen molar-refractivity contribution in [2.45, 2.75) is 6.92 Å². The van der Waals surface area contributed by atoms with Gasteiger partial charge in [-0.2, -0.15) is 0 Å². The zero-order chi connectivity index (χ0) is 17.6. The zero-order valence-corrected chi connectivity index (χ0v) is 14.7. The Hall–Kier alpha value is -2.93. The van der Waals surface area contributed by atoms with Crippen molar-refractivity contribution >= 4 is 17.5 Å². The second-order valence-electron chi connectivity index (χ2n) is 6.01. The van der Waals surface area contributed by atoms with Crippen LogP contribution in [0.4, 0.5) is 17.5 Å². The minimum atomic E-state index is 0.620. The predicted octanol–water partition coefficient (Wildman–Crippen LogP) is 3.16. The minimum absolute atomic E-state index is 0.620. The molecule has 7 heteroatoms. The van der Waals surface area contributed by atoms with Gasteiger partial charge in [0.15, 0.2) is 11.6 Å². The molecule has 0 aliphatic rings. The molecular weight excluding hydrogens is 316 g/mol. The quantitative estimate of drug-likeness (QED) is 0.685. The number of aryl methyl sites for hydroxylation is 1. The van der Waals surface area contributed by atoms with Gasteiger partial charge in [0.2, 0.25) is 0 Å². The smallest absolute Gasteiger partial charge is 0.175 e. The molecule has 1 aromatic carbocycles. The van der Waals surface area contributed by atoms with Gasteiger partial charge in [-0.25, -0.2) is 9.97 Å². The number of hydrogen-bond acceptors (Lipinski definition) is 7. The molecule has 0 aliphatic heterocycles. The molecule has 3 aromatic rings. The van der Waals surface area contributed by atoms with Crippen molar-refractivity contribution in [2.24, 2.45) is 0 Å². The molecule has 0 bridgehead atoms. The Balaban J connectivity index is 1.87. The summed E-state index contributed by atoms with van der Waals surface area (Å²) in [6.07, 6.45) is 0. The first-order valence-corrected chi connectivity index (χ1v) is 8.13. The topological polar surface area (TPSA) is 79.1 Å². The Bertz CT molecular complexity index is 815. The van der Waals surface area contributed by atoms with E-state index in [0.717, 1.165) is 30.2 Å². The van der Waals surface area contributed by atoms with Crippen LogP contribution in [-0.2, 0) is 0 Å². The van der Waals surface area contributed by atoms with E-state index in [1.807, 2.05) is 63.5 Å². The lowest BCUT2D eigenvalue weighted by molar-refractivity contribution is 0.400. The highest BCUT2D eigenvalue weighted by atomic mass is 16.5. The molecule has 7 nitrogen and oxygen atoms in total. The fourth-order valence-corrected chi connectivity index (χ4v) is 2.28. The molecular formula is C18H22N6O. The summed E-state index contributed by atoms with van der Waals surface area (Å²) < 4.78 is 5.10. The van der Waals surface area contributed by atoms with E-state index >= 15 is 0 Å². The normalized spacial score (nSPS) is 10.9. The molecule has 0 unspecified atom stereocenters. The van der Waals surface area contributed by atoms with Crippen molar-refractivity contribution in [1.82, 2.24) is 20.0 Å². The Kier molecular flexibility index (Phi) is 5.25. The molecule has 0 fully saturated rings. The maximum absolute atomic E-state index is 5.10. The van der Waals surface area contributed by atoms with E-state index in [2.05, 4.69) is 30.7 Å². The highest BCUT2D eigenvalue weighted by Gasteiger charge is 2.09. The maximum Gasteiger partial charge on any atom is 0.175 e. The fraction of sp³-hybridized carbons (Fsp3) is 0.278. The van der Waals surface area contributed by atoms with Gasteiger partial charge in [0.1, 0.15) is 17.4 Å². The Labute approximate surface area is 147 Å². The van der Waals surface area contributed by atoms with E-state index in [9.17, 15) is 0 Å². The lowest BCUT2D eigenvalue weighted by Crippen LogP contribution is -2.21. The number of rotatable bonds is 7. The molecule has 0 saturated carbocycles. The average molecular weight is 338 g/mol. The molecule has 0 saturated heterocycles. The lowest BCUT2D eigenvalue weighted by atomic mass is 10.2. The molecule has 25 heavy (non-hydrogen) atoms. The number of aromatic nitrogens is 3. The molecule has 2 heterocycles. The number of anilines is 3. The summed E-state index contributed by atoms with van der Waals surface area (Å²) in [6.45, 7) is 3.55. The maximum atomic E-state index is 5.10. The summed E-state index contributed by atoms with van der Waals surface area (Å²) in [6, 6.07) is 13.6. The van der Waals surface area contributed by atoms with E-state index < -0.39 is 0 Å². The molecule has 0 atom stereocenters. The third-order valence-electron chi connectivity index (χ3n) is 3.51. The number of hydrogen-bond donors (Lipinski definition) is 2. The highest BCUT2D eigenvalue weighted by Crippen LogP contribution is 2.22. The van der Waals surface area contributed by atoms with E-state index in [0.29, 0.717) is 17.5 Å². The number of nitrogens with zero attached hydrogens (tertiary/aromatic N) is 4. The molecule has 0 aliphatic carbocycles. The molecule has 130 valence electrons. The monoisotopic (exact) mass is 338 g/mol. The van der Waals surface area contributed by atoms with Crippen molar-refractivity contribution < 1.29 is 4.52 Å². The fourth-order valence-electron chi connectivity index (χ4n) is 2.28. The molecule has 0 radical (unpaired) electrons. The minimum Gasteiger partial charge on any atom is -0.369 e. The van der Waals surface area contributed by atoms with Crippen LogP contribution < -0.4 is 10.6 Å². The Morgan fingerprint density at radius 3 is 2.44 bits per heavy atom. The Morgan fingerprint density at radius 1 is 1.00 bits per heavy atom. The van der Waals surface area contributed by atoms with Crippen molar-refractivity contribution in [2.75, 3.05) is 37.8 Å². The van der Waals surface area contributed by atoms with Crippen LogP contribution in [0.2, 0.25) is 0 Å². The van der Waals surface area contributed by atoms with Crippen LogP contribution >= 0.6 is 0 Å². The lowest BCUT2D eigenvalue weighted by Gasteiger charge is -2.13. The Morgan fingerprint density at radius 2 is 1.76 bits per heavy atom. The van der Waals surface area contributed by atoms with E-state index in [1.165, 1.54) is 0 Å². The van der Waals surface area contributed by atoms with Crippen molar-refractivity contribution in [3.05, 3.63) is 48.2 Å². The largest absolute Gasteiger partial charge is 0.369 e. The van der Waals surface area contributed by atoms with Gasteiger partial charge in [0.05, 0.1) is 0 Å². The van der Waals surface area contributed by atoms with Gasteiger partial charge >= 0.3 is 0 Å². The van der Waals surface area contributed by atoms with Crippen molar-refractivity contribution in [3.8, 4) is 11.4 Å². The van der Waals surface area contributed by atoms with Gasteiger partial charge in [-0.3, -0.25) is 0 Å². The molecule has 0 amide bonds. The van der Waals surface area contributed by atoms with Crippen LogP contribution in [0.5, 0.6) is 0 Å². The van der Waals surface area contributed by atoms with Crippen LogP contribution in [0.3, 0.4) is 0 Å². The zero-order valence-electron chi connectivity index (χ0n) is 14.7. The molecule has 2 N–H and O–H groups in total. The first-order valence-electron chi connectivity index (χ1n) is 8.13. The highest BCUT2D eigenvalue weighted by molar-refractivity contribution is 5.63. The van der Waals surface area contributed by atoms with Gasteiger partial charge < -0.3 is 20.1 Å². The van der Waals surface area contributed by atoms with Crippen LogP contribution in [0.25, 0.3) is 11.4 Å². The third-order valence-corrected chi connectivity index (χ3v) is 3.51. The van der Waals surface area contributed by atoms with Gasteiger partial charge in [-0.1, -0.05) is 35.5 Å². The summed E-state index contributed by atoms with van der Waals surface area (Å²) >= 11 is 0. The number of likely N-dealkylation sites (N-methyl/N-ethyl adjacent to an activating group) is 1. The predicted molar refractivity (Wildman–Crippen MR) is 99.0 cm³/mol. The first-order chi connectivity index (χ1) is 12.1. The van der Waals surface area contributed by atoms with Crippen LogP contribution in [0.15, 0.2) is 47.0 Å². The van der Waals surface area contributed by atoms with Gasteiger partial charge in [-0.05, 0) is 21.0 Å². The van der Waals surface area contributed by atoms with Gasteiger partial charge in [0, 0.05) is 30.8 Å². The second-order valence-corrected chi connectivity index (χ2v) is 6.01. The van der Waals surface area contributed by atoms with Crippen molar-refractivity contribution in [1.29, 1.82) is 0 Å². The van der Waals surface area contributed by atoms with Crippen LogP contribution in [0.1, 0.15) is 5.76 Å². The third kappa shape index (κ3) is 4.77. The van der Waals surface area contributed by atoms with E-state index in [-0.39, 0.29) is 0 Å². The molecule has 3 rings (SSSR count). The second kappa shape index (κ2) is 7.76. The number of nitrogens with one attached hydrogen (secondary N) is 2. The van der Waals surface area contributed by atoms with Crippen LogP contribution in [-0.4, -0.2) is 47.2 Å². The summed E-state index contributed by atoms with van der Waals surface area (Å²) in [7, 11) is 4.08. The summed E-state index contributed by atoms with van der Waals surface area (Å²) in [5.74, 6) is 3.43. The van der Waals surface area contributed by atoms with Crippen LogP contribution in [0, 0.1) is 6.92 Å². The number of benzene rings is 1. The standard InChI is InChI=1S/C18H22N6O/c1-13-11-17(23-25-13)20-16-12-15(19-9-10-24(2)3)21-18(22-16)14-7-5-4-6-8-14/h4-8,11-12H,9-10H2,1-3H3,(H2,19,20,21,22,23). The van der Waals surface area contributed by atoms with Crippen molar-refractivity contribution in [3.63, 3.8) is 0 Å². The average Bonchev–Trinajstić information content (AvgIpc) is 3.00. The molecule has 2 aromatic heterocycles. The van der Waals surface area contributed by atoms with E-state index in [1.54, 1.807) is 0 Å². The first kappa shape index (κ1) is 16.9. The summed E-state index contributed by atoms with van der Waals surface area (Å²) in [4.78, 5) is 11.3. The van der Waals surface area contributed by atoms with Gasteiger partial charge in [-0.15, -0.1) is 0 Å². The SMILES string of the molecule is Cc1cc(Nc2cc(NCCN(C)C)nc(-c3ccccc3)n2)no1. The summed E-state index contributed by atoms with van der Waals surface area (Å²) in [5, 5.41) is 10.5. The van der Waals surface area contributed by atoms with Gasteiger partial charge in [0.25, 0.3) is 0 Å².